The molecule has 16 heavy (non-hydrogen) atoms. The Hall–Kier alpha value is -0.720. The van der Waals surface area contributed by atoms with Gasteiger partial charge in [0.1, 0.15) is 0 Å². The molecule has 0 bridgehead atoms. The minimum absolute atomic E-state index is 0.252. The van der Waals surface area contributed by atoms with E-state index in [1.165, 1.54) is 12.1 Å². The number of rotatable bonds is 5. The van der Waals surface area contributed by atoms with E-state index in [4.69, 9.17) is 0 Å². The lowest BCUT2D eigenvalue weighted by Crippen LogP contribution is -2.15. The molecule has 0 radical (unpaired) electrons. The molecule has 0 amide bonds. The highest BCUT2D eigenvalue weighted by molar-refractivity contribution is 7.90. The van der Waals surface area contributed by atoms with Crippen LogP contribution in [0.3, 0.4) is 0 Å². The first-order chi connectivity index (χ1) is 7.45. The number of hydrogen-bond acceptors (Lipinski definition) is 4. The second-order valence-corrected chi connectivity index (χ2v) is 6.98. The zero-order valence-electron chi connectivity index (χ0n) is 9.26. The predicted molar refractivity (Wildman–Crippen MR) is 64.8 cm³/mol. The average Bonchev–Trinajstić information content (AvgIpc) is 2.25. The fourth-order valence-electron chi connectivity index (χ4n) is 1.15. The lowest BCUT2D eigenvalue weighted by atomic mass is 10.4. The Kier molecular flexibility index (Phi) is 4.64. The van der Waals surface area contributed by atoms with E-state index in [0.29, 0.717) is 17.2 Å². The van der Waals surface area contributed by atoms with Gasteiger partial charge in [-0.25, -0.2) is 8.42 Å². The molecule has 0 aliphatic rings. The summed E-state index contributed by atoms with van der Waals surface area (Å²) in [6.45, 7) is 0.667. The third kappa shape index (κ3) is 3.70. The molecule has 0 spiro atoms. The topological polar surface area (TPSA) is 63.2 Å². The van der Waals surface area contributed by atoms with Gasteiger partial charge >= 0.3 is 0 Å². The van der Waals surface area contributed by atoms with Crippen molar-refractivity contribution in [2.75, 3.05) is 25.6 Å². The van der Waals surface area contributed by atoms with Gasteiger partial charge in [-0.3, -0.25) is 4.21 Å². The van der Waals surface area contributed by atoms with Crippen LogP contribution in [-0.2, 0) is 20.6 Å². The molecule has 1 aromatic carbocycles. The van der Waals surface area contributed by atoms with E-state index in [9.17, 15) is 12.6 Å². The van der Waals surface area contributed by atoms with Crippen LogP contribution in [0.1, 0.15) is 0 Å². The SMILES string of the molecule is CNCCS(=O)c1ccc(S(C)(=O)=O)cc1. The van der Waals surface area contributed by atoms with Crippen LogP contribution in [0, 0.1) is 0 Å². The first kappa shape index (κ1) is 13.3. The van der Waals surface area contributed by atoms with Crippen molar-refractivity contribution in [2.45, 2.75) is 9.79 Å². The van der Waals surface area contributed by atoms with Crippen molar-refractivity contribution in [3.63, 3.8) is 0 Å². The van der Waals surface area contributed by atoms with Crippen LogP contribution in [0.4, 0.5) is 0 Å². The molecular formula is C10H15NO3S2. The van der Waals surface area contributed by atoms with E-state index < -0.39 is 20.6 Å². The largest absolute Gasteiger partial charge is 0.319 e. The minimum Gasteiger partial charge on any atom is -0.319 e. The molecule has 0 aliphatic heterocycles. The minimum atomic E-state index is -3.17. The predicted octanol–water partition coefficient (Wildman–Crippen LogP) is 0.417. The second-order valence-electron chi connectivity index (χ2n) is 3.40. The molecule has 1 rings (SSSR count). The van der Waals surface area contributed by atoms with Crippen LogP contribution in [0.2, 0.25) is 0 Å². The van der Waals surface area contributed by atoms with E-state index in [0.717, 1.165) is 6.26 Å². The van der Waals surface area contributed by atoms with Crippen LogP contribution in [0.25, 0.3) is 0 Å². The second kappa shape index (κ2) is 5.56. The Bertz CT molecular complexity index is 465. The molecule has 0 saturated heterocycles. The summed E-state index contributed by atoms with van der Waals surface area (Å²) < 4.78 is 34.1. The van der Waals surface area contributed by atoms with Crippen LogP contribution in [0.5, 0.6) is 0 Å². The Labute approximate surface area is 98.4 Å². The summed E-state index contributed by atoms with van der Waals surface area (Å²) in [5.74, 6) is 0.523. The molecule has 1 atom stereocenters. The summed E-state index contributed by atoms with van der Waals surface area (Å²) in [5, 5.41) is 2.92. The van der Waals surface area contributed by atoms with E-state index in [-0.39, 0.29) is 4.90 Å². The Morgan fingerprint density at radius 1 is 1.25 bits per heavy atom. The first-order valence-corrected chi connectivity index (χ1v) is 7.99. The highest BCUT2D eigenvalue weighted by atomic mass is 32.2. The third-order valence-electron chi connectivity index (χ3n) is 2.05. The van der Waals surface area contributed by atoms with E-state index >= 15 is 0 Å². The zero-order chi connectivity index (χ0) is 12.2. The molecule has 0 heterocycles. The third-order valence-corrected chi connectivity index (χ3v) is 4.55. The van der Waals surface area contributed by atoms with Gasteiger partial charge in [0.15, 0.2) is 9.84 Å². The van der Waals surface area contributed by atoms with Crippen molar-refractivity contribution in [1.82, 2.24) is 5.32 Å². The highest BCUT2D eigenvalue weighted by Gasteiger charge is 2.08. The first-order valence-electron chi connectivity index (χ1n) is 4.78. The van der Waals surface area contributed by atoms with Crippen LogP contribution in [0.15, 0.2) is 34.1 Å². The molecule has 1 N–H and O–H groups in total. The van der Waals surface area contributed by atoms with E-state index in [1.807, 2.05) is 0 Å². The number of sulfone groups is 1. The maximum atomic E-state index is 11.7. The van der Waals surface area contributed by atoms with Crippen LogP contribution >= 0.6 is 0 Å². The van der Waals surface area contributed by atoms with Gasteiger partial charge in [-0.05, 0) is 31.3 Å². The molecule has 4 nitrogen and oxygen atoms in total. The summed E-state index contributed by atoms with van der Waals surface area (Å²) in [6.07, 6.45) is 1.15. The Morgan fingerprint density at radius 2 is 1.81 bits per heavy atom. The van der Waals surface area contributed by atoms with Crippen molar-refractivity contribution < 1.29 is 12.6 Å². The van der Waals surface area contributed by atoms with Crippen molar-refractivity contribution in [3.05, 3.63) is 24.3 Å². The lowest BCUT2D eigenvalue weighted by Gasteiger charge is -2.03. The molecule has 1 unspecified atom stereocenters. The van der Waals surface area contributed by atoms with Gasteiger partial charge in [0, 0.05) is 23.4 Å². The van der Waals surface area contributed by atoms with Gasteiger partial charge in [0.05, 0.1) is 15.7 Å². The fraction of sp³-hybridized carbons (Fsp3) is 0.400. The normalized spacial score (nSPS) is 13.6. The number of hydrogen-bond donors (Lipinski definition) is 1. The van der Waals surface area contributed by atoms with Crippen molar-refractivity contribution in [2.24, 2.45) is 0 Å². The summed E-state index contributed by atoms with van der Waals surface area (Å²) in [4.78, 5) is 0.907. The van der Waals surface area contributed by atoms with Gasteiger partial charge in [0.25, 0.3) is 0 Å². The monoisotopic (exact) mass is 261 g/mol. The van der Waals surface area contributed by atoms with E-state index in [1.54, 1.807) is 19.2 Å². The highest BCUT2D eigenvalue weighted by Crippen LogP contribution is 2.12. The van der Waals surface area contributed by atoms with Crippen molar-refractivity contribution in [1.29, 1.82) is 0 Å². The summed E-state index contributed by atoms with van der Waals surface area (Å²) in [5.41, 5.74) is 0. The Morgan fingerprint density at radius 3 is 2.25 bits per heavy atom. The quantitative estimate of drug-likeness (QED) is 0.834. The molecular weight excluding hydrogens is 246 g/mol. The molecule has 0 saturated carbocycles. The molecule has 0 aromatic heterocycles. The van der Waals surface area contributed by atoms with Gasteiger partial charge < -0.3 is 5.32 Å². The molecule has 6 heteroatoms. The molecule has 0 fully saturated rings. The van der Waals surface area contributed by atoms with Gasteiger partial charge in [0.2, 0.25) is 0 Å². The van der Waals surface area contributed by atoms with Gasteiger partial charge in [-0.15, -0.1) is 0 Å². The molecule has 90 valence electrons. The standard InChI is InChI=1S/C10H15NO3S2/c1-11-7-8-15(12)9-3-5-10(6-4-9)16(2,13)14/h3-6,11H,7-8H2,1-2H3. The zero-order valence-corrected chi connectivity index (χ0v) is 10.9. The maximum Gasteiger partial charge on any atom is 0.175 e. The Balaban J connectivity index is 2.83. The molecule has 1 aromatic rings. The smallest absolute Gasteiger partial charge is 0.175 e. The number of benzene rings is 1. The van der Waals surface area contributed by atoms with Crippen molar-refractivity contribution in [3.8, 4) is 0 Å². The summed E-state index contributed by atoms with van der Waals surface area (Å²) >= 11 is 0. The summed E-state index contributed by atoms with van der Waals surface area (Å²) in [6, 6.07) is 6.17. The maximum absolute atomic E-state index is 11.7. The average molecular weight is 261 g/mol. The van der Waals surface area contributed by atoms with Gasteiger partial charge in [-0.2, -0.15) is 0 Å². The fourth-order valence-corrected chi connectivity index (χ4v) is 2.85. The molecule has 0 aliphatic carbocycles. The number of nitrogens with one attached hydrogen (secondary N) is 1. The van der Waals surface area contributed by atoms with Crippen LogP contribution < -0.4 is 5.32 Å². The summed E-state index contributed by atoms with van der Waals surface area (Å²) in [7, 11) is -2.45. The lowest BCUT2D eigenvalue weighted by molar-refractivity contribution is 0.601. The van der Waals surface area contributed by atoms with Crippen molar-refractivity contribution >= 4 is 20.6 Å². The van der Waals surface area contributed by atoms with E-state index in [2.05, 4.69) is 5.32 Å². The van der Waals surface area contributed by atoms with Gasteiger partial charge in [-0.1, -0.05) is 0 Å². The van der Waals surface area contributed by atoms with Crippen LogP contribution in [-0.4, -0.2) is 38.2 Å².